The van der Waals surface area contributed by atoms with E-state index in [4.69, 9.17) is 10.5 Å². The Bertz CT molecular complexity index is 581. The normalized spacial score (nSPS) is 13.1. The first-order valence-corrected chi connectivity index (χ1v) is 8.99. The summed E-state index contributed by atoms with van der Waals surface area (Å²) in [6, 6.07) is 4.80. The summed E-state index contributed by atoms with van der Waals surface area (Å²) in [5.74, 6) is 0.930. The Morgan fingerprint density at radius 1 is 1.36 bits per heavy atom. The van der Waals surface area contributed by atoms with Crippen LogP contribution < -0.4 is 10.5 Å². The minimum absolute atomic E-state index is 0. The number of sulfonamides is 1. The molecule has 0 aromatic heterocycles. The first-order valence-electron chi connectivity index (χ1n) is 6.75. The molecule has 1 unspecified atom stereocenters. The Labute approximate surface area is 147 Å². The molecular weight excluding hydrogens is 392 g/mol. The molecule has 0 saturated heterocycles. The van der Waals surface area contributed by atoms with E-state index in [-0.39, 0.29) is 23.3 Å². The van der Waals surface area contributed by atoms with Gasteiger partial charge in [0.2, 0.25) is 10.0 Å². The third-order valence-corrected chi connectivity index (χ3v) is 6.29. The Morgan fingerprint density at radius 3 is 2.41 bits per heavy atom. The van der Waals surface area contributed by atoms with E-state index in [1.54, 1.807) is 19.2 Å². The van der Waals surface area contributed by atoms with Gasteiger partial charge in [-0.15, -0.1) is 12.4 Å². The molecule has 0 fully saturated rings. The van der Waals surface area contributed by atoms with Gasteiger partial charge >= 0.3 is 0 Å². The minimum atomic E-state index is -3.54. The van der Waals surface area contributed by atoms with Crippen LogP contribution in [0.4, 0.5) is 0 Å². The van der Waals surface area contributed by atoms with Gasteiger partial charge < -0.3 is 10.5 Å². The predicted octanol–water partition coefficient (Wildman–Crippen LogP) is 2.87. The van der Waals surface area contributed by atoms with Gasteiger partial charge in [-0.05, 0) is 46.5 Å². The summed E-state index contributed by atoms with van der Waals surface area (Å²) in [4.78, 5) is 0.226. The van der Waals surface area contributed by atoms with Crippen LogP contribution in [-0.4, -0.2) is 39.5 Å². The maximum Gasteiger partial charge on any atom is 0.243 e. The summed E-state index contributed by atoms with van der Waals surface area (Å²) in [5, 5.41) is 0. The van der Waals surface area contributed by atoms with Crippen LogP contribution in [0, 0.1) is 5.92 Å². The average molecular weight is 416 g/mol. The van der Waals surface area contributed by atoms with Crippen LogP contribution in [-0.2, 0) is 10.0 Å². The van der Waals surface area contributed by atoms with Crippen LogP contribution in [0.15, 0.2) is 27.6 Å². The maximum absolute atomic E-state index is 12.5. The molecule has 8 heteroatoms. The number of methoxy groups -OCH3 is 1. The quantitative estimate of drug-likeness (QED) is 0.743. The van der Waals surface area contributed by atoms with E-state index in [0.29, 0.717) is 29.1 Å². The zero-order valence-corrected chi connectivity index (χ0v) is 16.5. The van der Waals surface area contributed by atoms with Crippen molar-refractivity contribution in [3.63, 3.8) is 0 Å². The standard InChI is InChI=1S/C14H23BrN2O3S.ClH/c1-10(2)13(16)7-8-17(3)21(18,19)14-6-5-11(20-4)9-12(14)15;/h5-6,9-10,13H,7-8,16H2,1-4H3;1H. The molecule has 0 aliphatic heterocycles. The van der Waals surface area contributed by atoms with Crippen LogP contribution in [0.5, 0.6) is 5.75 Å². The molecule has 1 aromatic carbocycles. The molecular formula is C14H24BrClN2O3S. The van der Waals surface area contributed by atoms with Gasteiger partial charge in [-0.2, -0.15) is 0 Å². The molecule has 0 aliphatic rings. The van der Waals surface area contributed by atoms with Crippen molar-refractivity contribution in [1.82, 2.24) is 4.31 Å². The summed E-state index contributed by atoms with van der Waals surface area (Å²) in [6.07, 6.45) is 0.626. The number of nitrogens with two attached hydrogens (primary N) is 1. The fourth-order valence-electron chi connectivity index (χ4n) is 1.77. The van der Waals surface area contributed by atoms with Crippen LogP contribution in [0.25, 0.3) is 0 Å². The predicted molar refractivity (Wildman–Crippen MR) is 95.2 cm³/mol. The third-order valence-electron chi connectivity index (χ3n) is 3.46. The van der Waals surface area contributed by atoms with Gasteiger partial charge in [0.15, 0.2) is 0 Å². The van der Waals surface area contributed by atoms with Crippen molar-refractivity contribution in [2.45, 2.75) is 31.2 Å². The third kappa shape index (κ3) is 5.38. The van der Waals surface area contributed by atoms with E-state index < -0.39 is 10.0 Å². The van der Waals surface area contributed by atoms with E-state index in [2.05, 4.69) is 15.9 Å². The van der Waals surface area contributed by atoms with E-state index >= 15 is 0 Å². The molecule has 22 heavy (non-hydrogen) atoms. The number of ether oxygens (including phenoxy) is 1. The van der Waals surface area contributed by atoms with Crippen LogP contribution in [0.2, 0.25) is 0 Å². The second-order valence-corrected chi connectivity index (χ2v) is 8.19. The fraction of sp³-hybridized carbons (Fsp3) is 0.571. The van der Waals surface area contributed by atoms with E-state index in [1.807, 2.05) is 13.8 Å². The summed E-state index contributed by atoms with van der Waals surface area (Å²) in [7, 11) is -0.435. The highest BCUT2D eigenvalue weighted by Crippen LogP contribution is 2.28. The van der Waals surface area contributed by atoms with E-state index in [1.165, 1.54) is 17.5 Å². The average Bonchev–Trinajstić information content (AvgIpc) is 2.43. The molecule has 0 heterocycles. The number of nitrogens with zero attached hydrogens (tertiary/aromatic N) is 1. The number of benzene rings is 1. The van der Waals surface area contributed by atoms with Gasteiger partial charge in [-0.25, -0.2) is 12.7 Å². The van der Waals surface area contributed by atoms with Crippen molar-refractivity contribution in [2.24, 2.45) is 11.7 Å². The lowest BCUT2D eigenvalue weighted by Gasteiger charge is -2.22. The van der Waals surface area contributed by atoms with Crippen LogP contribution in [0.3, 0.4) is 0 Å². The monoisotopic (exact) mass is 414 g/mol. The Kier molecular flexibility index (Phi) is 8.94. The molecule has 0 amide bonds. The first kappa shape index (κ1) is 21.7. The molecule has 5 nitrogen and oxygen atoms in total. The molecule has 1 rings (SSSR count). The number of rotatable bonds is 7. The highest BCUT2D eigenvalue weighted by molar-refractivity contribution is 9.10. The van der Waals surface area contributed by atoms with Crippen molar-refractivity contribution in [1.29, 1.82) is 0 Å². The second-order valence-electron chi connectivity index (χ2n) is 5.32. The SMILES string of the molecule is COc1ccc(S(=O)(=O)N(C)CCC(N)C(C)C)c(Br)c1.Cl. The molecule has 0 saturated carbocycles. The van der Waals surface area contributed by atoms with Gasteiger partial charge in [-0.3, -0.25) is 0 Å². The van der Waals surface area contributed by atoms with E-state index in [0.717, 1.165) is 0 Å². The molecule has 1 atom stereocenters. The van der Waals surface area contributed by atoms with Crippen LogP contribution in [0.1, 0.15) is 20.3 Å². The minimum Gasteiger partial charge on any atom is -0.497 e. The summed E-state index contributed by atoms with van der Waals surface area (Å²) in [5.41, 5.74) is 5.97. The summed E-state index contributed by atoms with van der Waals surface area (Å²) >= 11 is 3.28. The Morgan fingerprint density at radius 2 is 1.95 bits per heavy atom. The molecule has 128 valence electrons. The first-order chi connectivity index (χ1) is 9.70. The van der Waals surface area contributed by atoms with Gasteiger partial charge in [0.25, 0.3) is 0 Å². The Balaban J connectivity index is 0.00000441. The smallest absolute Gasteiger partial charge is 0.243 e. The van der Waals surface area contributed by atoms with Crippen LogP contribution >= 0.6 is 28.3 Å². The van der Waals surface area contributed by atoms with Crippen molar-refractivity contribution in [3.8, 4) is 5.75 Å². The van der Waals surface area contributed by atoms with Gasteiger partial charge in [-0.1, -0.05) is 13.8 Å². The van der Waals surface area contributed by atoms with Crippen molar-refractivity contribution in [3.05, 3.63) is 22.7 Å². The second kappa shape index (κ2) is 9.08. The number of halogens is 2. The van der Waals surface area contributed by atoms with Gasteiger partial charge in [0.05, 0.1) is 12.0 Å². The summed E-state index contributed by atoms with van der Waals surface area (Å²) in [6.45, 7) is 4.44. The van der Waals surface area contributed by atoms with Crippen molar-refractivity contribution < 1.29 is 13.2 Å². The highest BCUT2D eigenvalue weighted by atomic mass is 79.9. The Hall–Kier alpha value is -0.340. The highest BCUT2D eigenvalue weighted by Gasteiger charge is 2.24. The zero-order valence-electron chi connectivity index (χ0n) is 13.2. The largest absolute Gasteiger partial charge is 0.497 e. The lowest BCUT2D eigenvalue weighted by atomic mass is 10.0. The molecule has 0 spiro atoms. The van der Waals surface area contributed by atoms with E-state index in [9.17, 15) is 8.42 Å². The lowest BCUT2D eigenvalue weighted by molar-refractivity contribution is 0.397. The van der Waals surface area contributed by atoms with Gasteiger partial charge in [0.1, 0.15) is 5.75 Å². The topological polar surface area (TPSA) is 72.6 Å². The molecule has 1 aromatic rings. The molecule has 0 radical (unpaired) electrons. The summed E-state index contributed by atoms with van der Waals surface area (Å²) < 4.78 is 32.0. The maximum atomic E-state index is 12.5. The fourth-order valence-corrected chi connectivity index (χ4v) is 3.97. The molecule has 0 bridgehead atoms. The van der Waals surface area contributed by atoms with Gasteiger partial charge in [0, 0.05) is 24.1 Å². The lowest BCUT2D eigenvalue weighted by Crippen LogP contribution is -2.34. The van der Waals surface area contributed by atoms with Crippen molar-refractivity contribution in [2.75, 3.05) is 20.7 Å². The molecule has 0 aliphatic carbocycles. The molecule has 2 N–H and O–H groups in total. The number of hydrogen-bond acceptors (Lipinski definition) is 4. The zero-order chi connectivity index (χ0) is 16.2. The van der Waals surface area contributed by atoms with Crippen molar-refractivity contribution >= 4 is 38.4 Å². The number of hydrogen-bond donors (Lipinski definition) is 1.